The van der Waals surface area contributed by atoms with Gasteiger partial charge in [-0.25, -0.2) is 0 Å². The van der Waals surface area contributed by atoms with Gasteiger partial charge in [0.05, 0.1) is 12.2 Å². The molecule has 1 atom stereocenters. The molecule has 134 valence electrons. The Morgan fingerprint density at radius 3 is 2.65 bits per heavy atom. The Bertz CT molecular complexity index is 868. The molecule has 3 aromatic rings. The number of benzene rings is 2. The summed E-state index contributed by atoms with van der Waals surface area (Å²) in [6, 6.07) is 17.4. The van der Waals surface area contributed by atoms with Crippen LogP contribution in [0.25, 0.3) is 0 Å². The molecule has 1 heterocycles. The number of aromatic nitrogens is 2. The molecule has 0 saturated heterocycles. The number of para-hydroxylation sites is 1. The number of amides is 1. The zero-order valence-electron chi connectivity index (χ0n) is 14.5. The molecule has 0 bridgehead atoms. The largest absolute Gasteiger partial charge is 0.493 e. The second kappa shape index (κ2) is 8.82. The SMILES string of the molecule is CCOc1ccccc1C(=O)Nc1nnc(S[C@H](C)c2ccccc2)s1. The number of ether oxygens (including phenoxy) is 1. The average Bonchev–Trinajstić information content (AvgIpc) is 3.10. The van der Waals surface area contributed by atoms with E-state index in [1.807, 2.05) is 31.2 Å². The topological polar surface area (TPSA) is 64.1 Å². The molecule has 0 fully saturated rings. The van der Waals surface area contributed by atoms with E-state index in [1.54, 1.807) is 30.0 Å². The highest BCUT2D eigenvalue weighted by Crippen LogP contribution is 2.37. The molecular formula is C19H19N3O2S2. The van der Waals surface area contributed by atoms with Crippen LogP contribution in [0.2, 0.25) is 0 Å². The summed E-state index contributed by atoms with van der Waals surface area (Å²) in [5, 5.41) is 11.8. The Hall–Kier alpha value is -2.38. The molecule has 5 nitrogen and oxygen atoms in total. The van der Waals surface area contributed by atoms with E-state index in [0.29, 0.717) is 23.1 Å². The van der Waals surface area contributed by atoms with Gasteiger partial charge in [0, 0.05) is 5.25 Å². The number of rotatable bonds is 7. The molecule has 26 heavy (non-hydrogen) atoms. The summed E-state index contributed by atoms with van der Waals surface area (Å²) in [5.41, 5.74) is 1.71. The number of nitrogens with zero attached hydrogens (tertiary/aromatic N) is 2. The van der Waals surface area contributed by atoms with Crippen LogP contribution < -0.4 is 10.1 Å². The molecule has 0 saturated carbocycles. The molecule has 1 N–H and O–H groups in total. The molecule has 0 aliphatic carbocycles. The van der Waals surface area contributed by atoms with Crippen molar-refractivity contribution >= 4 is 34.1 Å². The highest BCUT2D eigenvalue weighted by atomic mass is 32.2. The summed E-state index contributed by atoms with van der Waals surface area (Å²) in [6.45, 7) is 4.51. The molecule has 0 aliphatic rings. The Morgan fingerprint density at radius 2 is 1.88 bits per heavy atom. The first-order valence-electron chi connectivity index (χ1n) is 8.25. The summed E-state index contributed by atoms with van der Waals surface area (Å²) >= 11 is 2.99. The smallest absolute Gasteiger partial charge is 0.261 e. The van der Waals surface area contributed by atoms with E-state index >= 15 is 0 Å². The quantitative estimate of drug-likeness (QED) is 0.456. The first-order valence-corrected chi connectivity index (χ1v) is 9.95. The number of nitrogens with one attached hydrogen (secondary N) is 1. The molecule has 0 spiro atoms. The zero-order valence-corrected chi connectivity index (χ0v) is 16.1. The van der Waals surface area contributed by atoms with Crippen LogP contribution in [0, 0.1) is 0 Å². The highest BCUT2D eigenvalue weighted by Gasteiger charge is 2.16. The predicted molar refractivity (Wildman–Crippen MR) is 106 cm³/mol. The number of anilines is 1. The highest BCUT2D eigenvalue weighted by molar-refractivity contribution is 8.01. The van der Waals surface area contributed by atoms with Crippen molar-refractivity contribution in [1.82, 2.24) is 10.2 Å². The fraction of sp³-hybridized carbons (Fsp3) is 0.211. The summed E-state index contributed by atoms with van der Waals surface area (Å²) in [4.78, 5) is 12.5. The molecular weight excluding hydrogens is 366 g/mol. The maximum atomic E-state index is 12.5. The number of thioether (sulfide) groups is 1. The Morgan fingerprint density at radius 1 is 1.15 bits per heavy atom. The molecule has 1 amide bonds. The van der Waals surface area contributed by atoms with E-state index in [-0.39, 0.29) is 11.2 Å². The maximum Gasteiger partial charge on any atom is 0.261 e. The second-order valence-corrected chi connectivity index (χ2v) is 7.99. The van der Waals surface area contributed by atoms with E-state index in [2.05, 4.69) is 34.6 Å². The third kappa shape index (κ3) is 4.62. The van der Waals surface area contributed by atoms with Crippen molar-refractivity contribution in [3.63, 3.8) is 0 Å². The lowest BCUT2D eigenvalue weighted by molar-refractivity contribution is 0.102. The number of carbonyl (C=O) groups excluding carboxylic acids is 1. The van der Waals surface area contributed by atoms with Crippen molar-refractivity contribution in [2.24, 2.45) is 0 Å². The van der Waals surface area contributed by atoms with Gasteiger partial charge in [-0.05, 0) is 31.5 Å². The third-order valence-electron chi connectivity index (χ3n) is 3.61. The monoisotopic (exact) mass is 385 g/mol. The molecule has 0 unspecified atom stereocenters. The first-order chi connectivity index (χ1) is 12.7. The summed E-state index contributed by atoms with van der Waals surface area (Å²) < 4.78 is 6.32. The number of hydrogen-bond acceptors (Lipinski definition) is 6. The molecule has 0 aliphatic heterocycles. The van der Waals surface area contributed by atoms with E-state index in [4.69, 9.17) is 4.74 Å². The normalized spacial score (nSPS) is 11.8. The number of hydrogen-bond donors (Lipinski definition) is 1. The molecule has 0 radical (unpaired) electrons. The van der Waals surface area contributed by atoms with Crippen molar-refractivity contribution in [2.45, 2.75) is 23.4 Å². The number of carbonyl (C=O) groups is 1. The summed E-state index contributed by atoms with van der Waals surface area (Å²) in [6.07, 6.45) is 0. The van der Waals surface area contributed by atoms with Gasteiger partial charge in [0.25, 0.3) is 5.91 Å². The van der Waals surface area contributed by atoms with Crippen molar-refractivity contribution in [3.8, 4) is 5.75 Å². The first kappa shape index (κ1) is 18.4. The van der Waals surface area contributed by atoms with E-state index in [9.17, 15) is 4.79 Å². The van der Waals surface area contributed by atoms with Gasteiger partial charge < -0.3 is 4.74 Å². The van der Waals surface area contributed by atoms with Crippen molar-refractivity contribution in [2.75, 3.05) is 11.9 Å². The van der Waals surface area contributed by atoms with Crippen LogP contribution in [0.5, 0.6) is 5.75 Å². The van der Waals surface area contributed by atoms with Crippen LogP contribution in [0.4, 0.5) is 5.13 Å². The van der Waals surface area contributed by atoms with Gasteiger partial charge >= 0.3 is 0 Å². The third-order valence-corrected chi connectivity index (χ3v) is 5.69. The molecule has 3 rings (SSSR count). The molecule has 1 aromatic heterocycles. The van der Waals surface area contributed by atoms with Crippen molar-refractivity contribution < 1.29 is 9.53 Å². The summed E-state index contributed by atoms with van der Waals surface area (Å²) in [5.74, 6) is 0.308. The van der Waals surface area contributed by atoms with Gasteiger partial charge in [0.1, 0.15) is 5.75 Å². The minimum Gasteiger partial charge on any atom is -0.493 e. The molecule has 7 heteroatoms. The van der Waals surface area contributed by atoms with E-state index in [1.165, 1.54) is 16.9 Å². The lowest BCUT2D eigenvalue weighted by atomic mass is 10.2. The van der Waals surface area contributed by atoms with Gasteiger partial charge in [-0.3, -0.25) is 10.1 Å². The van der Waals surface area contributed by atoms with Crippen LogP contribution in [-0.4, -0.2) is 22.7 Å². The van der Waals surface area contributed by atoms with Gasteiger partial charge in [-0.15, -0.1) is 10.2 Å². The van der Waals surface area contributed by atoms with Gasteiger partial charge in [-0.1, -0.05) is 65.6 Å². The van der Waals surface area contributed by atoms with E-state index < -0.39 is 0 Å². The standard InChI is InChI=1S/C19H19N3O2S2/c1-3-24-16-12-8-7-11-15(16)17(23)20-18-21-22-19(26-18)25-13(2)14-9-5-4-6-10-14/h4-13H,3H2,1-2H3,(H,20,21,23)/t13-/m1/s1. The van der Waals surface area contributed by atoms with Crippen LogP contribution in [0.3, 0.4) is 0 Å². The van der Waals surface area contributed by atoms with Gasteiger partial charge in [0.15, 0.2) is 4.34 Å². The lowest BCUT2D eigenvalue weighted by Gasteiger charge is -2.09. The van der Waals surface area contributed by atoms with Crippen molar-refractivity contribution in [3.05, 3.63) is 65.7 Å². The predicted octanol–water partition coefficient (Wildman–Crippen LogP) is 5.04. The van der Waals surface area contributed by atoms with Crippen LogP contribution in [-0.2, 0) is 0 Å². The minimum absolute atomic E-state index is 0.252. The lowest BCUT2D eigenvalue weighted by Crippen LogP contribution is -2.13. The Balaban J connectivity index is 1.66. The fourth-order valence-electron chi connectivity index (χ4n) is 2.35. The minimum atomic E-state index is -0.252. The maximum absolute atomic E-state index is 12.5. The molecule has 2 aromatic carbocycles. The average molecular weight is 386 g/mol. The van der Waals surface area contributed by atoms with Crippen LogP contribution >= 0.6 is 23.1 Å². The van der Waals surface area contributed by atoms with Gasteiger partial charge in [-0.2, -0.15) is 0 Å². The van der Waals surface area contributed by atoms with Crippen LogP contribution in [0.15, 0.2) is 58.9 Å². The summed E-state index contributed by atoms with van der Waals surface area (Å²) in [7, 11) is 0. The fourth-order valence-corrected chi connectivity index (χ4v) is 4.37. The Labute approximate surface area is 160 Å². The van der Waals surface area contributed by atoms with Crippen LogP contribution in [0.1, 0.15) is 35.0 Å². The van der Waals surface area contributed by atoms with Gasteiger partial charge in [0.2, 0.25) is 5.13 Å². The van der Waals surface area contributed by atoms with Crippen molar-refractivity contribution in [1.29, 1.82) is 0 Å². The Kier molecular flexibility index (Phi) is 6.25. The van der Waals surface area contributed by atoms with E-state index in [0.717, 1.165) is 4.34 Å². The zero-order chi connectivity index (χ0) is 18.4. The second-order valence-electron chi connectivity index (χ2n) is 5.43.